The number of pyridine rings is 1. The third-order valence-corrected chi connectivity index (χ3v) is 4.38. The highest BCUT2D eigenvalue weighted by Crippen LogP contribution is 2.31. The second-order valence-electron chi connectivity index (χ2n) is 5.53. The van der Waals surface area contributed by atoms with E-state index < -0.39 is 0 Å². The first kappa shape index (κ1) is 12.1. The molecule has 0 aliphatic carbocycles. The molecular weight excluding hydrogens is 229 g/mol. The summed E-state index contributed by atoms with van der Waals surface area (Å²) in [5.74, 6) is 0.525. The summed E-state index contributed by atoms with van der Waals surface area (Å²) in [5.41, 5.74) is 0.980. The van der Waals surface area contributed by atoms with Crippen molar-refractivity contribution in [2.45, 2.75) is 31.8 Å². The molecule has 2 aliphatic rings. The largest absolute Gasteiger partial charge is 0.312 e. The minimum atomic E-state index is -0.242. The van der Waals surface area contributed by atoms with Gasteiger partial charge in [-0.1, -0.05) is 0 Å². The van der Waals surface area contributed by atoms with Gasteiger partial charge >= 0.3 is 0 Å². The maximum absolute atomic E-state index is 13.2. The maximum Gasteiger partial charge on any atom is 0.141 e. The zero-order valence-corrected chi connectivity index (χ0v) is 10.8. The first-order valence-corrected chi connectivity index (χ1v) is 6.82. The first-order chi connectivity index (χ1) is 8.74. The summed E-state index contributed by atoms with van der Waals surface area (Å²) in [6.07, 6.45) is 5.65. The van der Waals surface area contributed by atoms with Crippen LogP contribution < -0.4 is 5.32 Å². The van der Waals surface area contributed by atoms with Crippen LogP contribution in [0.2, 0.25) is 0 Å². The predicted molar refractivity (Wildman–Crippen MR) is 68.7 cm³/mol. The van der Waals surface area contributed by atoms with Crippen molar-refractivity contribution in [1.29, 1.82) is 0 Å². The summed E-state index contributed by atoms with van der Waals surface area (Å²) >= 11 is 0. The van der Waals surface area contributed by atoms with Crippen molar-refractivity contribution in [2.24, 2.45) is 5.92 Å². The van der Waals surface area contributed by atoms with Crippen LogP contribution in [0.15, 0.2) is 18.5 Å². The molecular formula is C14H20FN3. The molecule has 2 aliphatic heterocycles. The Kier molecular flexibility index (Phi) is 3.31. The molecule has 0 aromatic carbocycles. The lowest BCUT2D eigenvalue weighted by atomic mass is 9.94. The van der Waals surface area contributed by atoms with Crippen LogP contribution in [-0.4, -0.2) is 35.6 Å². The van der Waals surface area contributed by atoms with E-state index in [9.17, 15) is 4.39 Å². The second kappa shape index (κ2) is 4.94. The number of hydrogen-bond acceptors (Lipinski definition) is 3. The molecule has 3 atom stereocenters. The number of piperidine rings is 1. The number of hydrogen-bond donors (Lipinski definition) is 1. The summed E-state index contributed by atoms with van der Waals surface area (Å²) in [6, 6.07) is 2.48. The van der Waals surface area contributed by atoms with Gasteiger partial charge in [0, 0.05) is 31.4 Å². The van der Waals surface area contributed by atoms with Crippen LogP contribution in [0.1, 0.15) is 31.4 Å². The molecule has 0 radical (unpaired) electrons. The molecule has 3 nitrogen and oxygen atoms in total. The lowest BCUT2D eigenvalue weighted by Crippen LogP contribution is -2.40. The highest BCUT2D eigenvalue weighted by Gasteiger charge is 2.36. The van der Waals surface area contributed by atoms with Gasteiger partial charge in [-0.25, -0.2) is 4.39 Å². The lowest BCUT2D eigenvalue weighted by molar-refractivity contribution is 0.250. The molecule has 4 heteroatoms. The Bertz CT molecular complexity index is 409. The summed E-state index contributed by atoms with van der Waals surface area (Å²) in [7, 11) is 0. The molecule has 98 valence electrons. The molecule has 0 amide bonds. The van der Waals surface area contributed by atoms with Gasteiger partial charge in [0.2, 0.25) is 0 Å². The van der Waals surface area contributed by atoms with E-state index in [4.69, 9.17) is 0 Å². The Morgan fingerprint density at radius 3 is 3.11 bits per heavy atom. The van der Waals surface area contributed by atoms with Crippen molar-refractivity contribution in [2.75, 3.05) is 19.6 Å². The molecule has 2 fully saturated rings. The number of aromatic nitrogens is 1. The van der Waals surface area contributed by atoms with E-state index in [1.165, 1.54) is 19.0 Å². The van der Waals surface area contributed by atoms with E-state index in [-0.39, 0.29) is 11.9 Å². The smallest absolute Gasteiger partial charge is 0.141 e. The van der Waals surface area contributed by atoms with Gasteiger partial charge in [0.15, 0.2) is 0 Å². The molecule has 1 unspecified atom stereocenters. The number of fused-ring (bicyclic) bond motifs is 1. The number of nitrogens with zero attached hydrogens (tertiary/aromatic N) is 2. The fraction of sp³-hybridized carbons (Fsp3) is 0.643. The first-order valence-electron chi connectivity index (χ1n) is 6.82. The number of likely N-dealkylation sites (tertiary alicyclic amines) is 1. The Morgan fingerprint density at radius 2 is 2.33 bits per heavy atom. The van der Waals surface area contributed by atoms with Gasteiger partial charge in [0.25, 0.3) is 0 Å². The Morgan fingerprint density at radius 1 is 1.44 bits per heavy atom. The van der Waals surface area contributed by atoms with Crippen LogP contribution in [0.4, 0.5) is 4.39 Å². The van der Waals surface area contributed by atoms with E-state index in [0.29, 0.717) is 6.04 Å². The lowest BCUT2D eigenvalue weighted by Gasteiger charge is -2.25. The average molecular weight is 249 g/mol. The van der Waals surface area contributed by atoms with E-state index in [1.54, 1.807) is 12.3 Å². The van der Waals surface area contributed by atoms with Crippen LogP contribution in [0.25, 0.3) is 0 Å². The standard InChI is InChI=1S/C14H20FN3/c1-10(12-5-13(15)7-16-6-12)18-8-11-3-2-4-17-14(11)9-18/h5-7,10-11,14,17H,2-4,8-9H2,1H3/t10?,11-,14+/m0/s1. The van der Waals surface area contributed by atoms with Crippen molar-refractivity contribution in [3.05, 3.63) is 29.8 Å². The minimum absolute atomic E-state index is 0.242. The van der Waals surface area contributed by atoms with Gasteiger partial charge in [0.05, 0.1) is 6.20 Å². The highest BCUT2D eigenvalue weighted by atomic mass is 19.1. The topological polar surface area (TPSA) is 28.2 Å². The van der Waals surface area contributed by atoms with Gasteiger partial charge in [-0.05, 0) is 43.9 Å². The molecule has 18 heavy (non-hydrogen) atoms. The van der Waals surface area contributed by atoms with Gasteiger partial charge in [-0.3, -0.25) is 9.88 Å². The van der Waals surface area contributed by atoms with E-state index in [0.717, 1.165) is 31.1 Å². The van der Waals surface area contributed by atoms with Gasteiger partial charge < -0.3 is 5.32 Å². The molecule has 0 saturated carbocycles. The zero-order valence-electron chi connectivity index (χ0n) is 10.8. The van der Waals surface area contributed by atoms with Crippen molar-refractivity contribution >= 4 is 0 Å². The monoisotopic (exact) mass is 249 g/mol. The third kappa shape index (κ3) is 2.27. The summed E-state index contributed by atoms with van der Waals surface area (Å²) in [5, 5.41) is 3.60. The SMILES string of the molecule is CC(c1cncc(F)c1)N1C[C@@H]2CCCN[C@@H]2C1. The molecule has 3 heterocycles. The number of rotatable bonds is 2. The Hall–Kier alpha value is -1.00. The number of halogens is 1. The normalized spacial score (nSPS) is 30.1. The van der Waals surface area contributed by atoms with Crippen LogP contribution >= 0.6 is 0 Å². The average Bonchev–Trinajstić information content (AvgIpc) is 2.81. The molecule has 0 bridgehead atoms. The fourth-order valence-electron chi connectivity index (χ4n) is 3.26. The molecule has 1 aromatic rings. The van der Waals surface area contributed by atoms with Crippen molar-refractivity contribution in [3.8, 4) is 0 Å². The predicted octanol–water partition coefficient (Wildman–Crippen LogP) is 1.97. The molecule has 3 rings (SSSR count). The van der Waals surface area contributed by atoms with Crippen LogP contribution in [0, 0.1) is 11.7 Å². The number of nitrogens with one attached hydrogen (secondary N) is 1. The molecule has 2 saturated heterocycles. The van der Waals surface area contributed by atoms with Crippen molar-refractivity contribution in [1.82, 2.24) is 15.2 Å². The maximum atomic E-state index is 13.2. The Labute approximate surface area is 107 Å². The van der Waals surface area contributed by atoms with Crippen LogP contribution in [0.5, 0.6) is 0 Å². The zero-order chi connectivity index (χ0) is 12.5. The van der Waals surface area contributed by atoms with Crippen LogP contribution in [-0.2, 0) is 0 Å². The molecule has 0 spiro atoms. The van der Waals surface area contributed by atoms with E-state index in [2.05, 4.69) is 22.1 Å². The van der Waals surface area contributed by atoms with Gasteiger partial charge in [0.1, 0.15) is 5.82 Å². The molecule has 1 N–H and O–H groups in total. The minimum Gasteiger partial charge on any atom is -0.312 e. The Balaban J connectivity index is 1.72. The van der Waals surface area contributed by atoms with E-state index in [1.807, 2.05) is 0 Å². The second-order valence-corrected chi connectivity index (χ2v) is 5.53. The summed E-state index contributed by atoms with van der Waals surface area (Å²) in [4.78, 5) is 6.40. The van der Waals surface area contributed by atoms with Crippen molar-refractivity contribution in [3.63, 3.8) is 0 Å². The van der Waals surface area contributed by atoms with E-state index >= 15 is 0 Å². The quantitative estimate of drug-likeness (QED) is 0.868. The molecule has 1 aromatic heterocycles. The fourth-order valence-corrected chi connectivity index (χ4v) is 3.26. The van der Waals surface area contributed by atoms with Gasteiger partial charge in [-0.15, -0.1) is 0 Å². The highest BCUT2D eigenvalue weighted by molar-refractivity contribution is 5.15. The van der Waals surface area contributed by atoms with Gasteiger partial charge in [-0.2, -0.15) is 0 Å². The van der Waals surface area contributed by atoms with Crippen molar-refractivity contribution < 1.29 is 4.39 Å². The summed E-state index contributed by atoms with van der Waals surface area (Å²) in [6.45, 7) is 5.48. The summed E-state index contributed by atoms with van der Waals surface area (Å²) < 4.78 is 13.2. The third-order valence-electron chi connectivity index (χ3n) is 4.38. The van der Waals surface area contributed by atoms with Crippen LogP contribution in [0.3, 0.4) is 0 Å².